The first-order valence-electron chi connectivity index (χ1n) is 7.23. The summed E-state index contributed by atoms with van der Waals surface area (Å²) < 4.78 is 0. The molecule has 0 unspecified atom stereocenters. The highest BCUT2D eigenvalue weighted by Gasteiger charge is 2.23. The van der Waals surface area contributed by atoms with Gasteiger partial charge in [-0.25, -0.2) is 9.78 Å². The van der Waals surface area contributed by atoms with Gasteiger partial charge in [-0.2, -0.15) is 0 Å². The molecule has 0 aromatic carbocycles. The number of piperidine rings is 1. The van der Waals surface area contributed by atoms with E-state index in [9.17, 15) is 4.79 Å². The van der Waals surface area contributed by atoms with E-state index >= 15 is 0 Å². The monoisotopic (exact) mass is 296 g/mol. The molecule has 2 heterocycles. The van der Waals surface area contributed by atoms with Crippen LogP contribution >= 0.6 is 11.3 Å². The van der Waals surface area contributed by atoms with Crippen molar-refractivity contribution in [3.8, 4) is 0 Å². The van der Waals surface area contributed by atoms with E-state index in [-0.39, 0.29) is 6.03 Å². The Morgan fingerprint density at radius 3 is 2.75 bits per heavy atom. The predicted molar refractivity (Wildman–Crippen MR) is 82.0 cm³/mol. The zero-order valence-corrected chi connectivity index (χ0v) is 13.4. The third-order valence-corrected chi connectivity index (χ3v) is 4.78. The third kappa shape index (κ3) is 3.93. The van der Waals surface area contributed by atoms with Gasteiger partial charge in [0.2, 0.25) is 0 Å². The van der Waals surface area contributed by atoms with Gasteiger partial charge in [-0.1, -0.05) is 6.92 Å². The number of amides is 2. The van der Waals surface area contributed by atoms with E-state index in [0.717, 1.165) is 43.9 Å². The van der Waals surface area contributed by atoms with E-state index < -0.39 is 0 Å². The Morgan fingerprint density at radius 1 is 1.50 bits per heavy atom. The van der Waals surface area contributed by atoms with Crippen molar-refractivity contribution in [1.29, 1.82) is 0 Å². The fraction of sp³-hybridized carbons (Fsp3) is 0.714. The van der Waals surface area contributed by atoms with Crippen LogP contribution in [-0.2, 0) is 13.0 Å². The molecule has 1 aromatic rings. The van der Waals surface area contributed by atoms with Crippen molar-refractivity contribution >= 4 is 17.4 Å². The van der Waals surface area contributed by atoms with E-state index in [4.69, 9.17) is 0 Å². The van der Waals surface area contributed by atoms with Gasteiger partial charge in [-0.3, -0.25) is 0 Å². The highest BCUT2D eigenvalue weighted by atomic mass is 32.1. The first kappa shape index (κ1) is 15.3. The maximum atomic E-state index is 11.8. The summed E-state index contributed by atoms with van der Waals surface area (Å²) >= 11 is 1.79. The van der Waals surface area contributed by atoms with Gasteiger partial charge in [-0.15, -0.1) is 11.3 Å². The Labute approximate surface area is 125 Å². The molecule has 1 saturated heterocycles. The molecular weight excluding hydrogens is 272 g/mol. The van der Waals surface area contributed by atoms with Crippen molar-refractivity contribution in [2.24, 2.45) is 0 Å². The molecular formula is C14H24N4OS. The van der Waals surface area contributed by atoms with Crippen molar-refractivity contribution in [2.75, 3.05) is 27.2 Å². The number of hydrogen-bond donors (Lipinski definition) is 1. The van der Waals surface area contributed by atoms with Crippen LogP contribution in [0, 0.1) is 0 Å². The Morgan fingerprint density at radius 2 is 2.20 bits per heavy atom. The quantitative estimate of drug-likeness (QED) is 0.924. The molecule has 1 aliphatic rings. The molecule has 112 valence electrons. The second-order valence-electron chi connectivity index (χ2n) is 5.39. The maximum absolute atomic E-state index is 11.8. The van der Waals surface area contributed by atoms with Crippen LogP contribution in [0.15, 0.2) is 6.20 Å². The zero-order valence-electron chi connectivity index (χ0n) is 12.6. The topological polar surface area (TPSA) is 48.5 Å². The molecule has 1 aromatic heterocycles. The number of carbonyl (C=O) groups is 1. The van der Waals surface area contributed by atoms with Gasteiger partial charge in [0.1, 0.15) is 5.01 Å². The molecule has 0 bridgehead atoms. The van der Waals surface area contributed by atoms with E-state index in [1.54, 1.807) is 30.3 Å². The lowest BCUT2D eigenvalue weighted by molar-refractivity contribution is 0.152. The van der Waals surface area contributed by atoms with Crippen molar-refractivity contribution in [3.05, 3.63) is 16.1 Å². The Balaban J connectivity index is 1.73. The smallest absolute Gasteiger partial charge is 0.319 e. The maximum Gasteiger partial charge on any atom is 0.319 e. The van der Waals surface area contributed by atoms with E-state index in [1.165, 1.54) is 4.88 Å². The lowest BCUT2D eigenvalue weighted by Gasteiger charge is -2.33. The molecule has 1 aliphatic heterocycles. The van der Waals surface area contributed by atoms with Gasteiger partial charge >= 0.3 is 6.03 Å². The summed E-state index contributed by atoms with van der Waals surface area (Å²) in [6.45, 7) is 4.68. The second kappa shape index (κ2) is 7.04. The Hall–Kier alpha value is -1.14. The predicted octanol–water partition coefficient (Wildman–Crippen LogP) is 1.94. The van der Waals surface area contributed by atoms with Gasteiger partial charge in [0, 0.05) is 50.8 Å². The highest BCUT2D eigenvalue weighted by molar-refractivity contribution is 7.11. The van der Waals surface area contributed by atoms with Gasteiger partial charge in [0.15, 0.2) is 0 Å². The number of aromatic nitrogens is 1. The van der Waals surface area contributed by atoms with E-state index in [1.807, 2.05) is 11.1 Å². The van der Waals surface area contributed by atoms with E-state index in [2.05, 4.69) is 17.2 Å². The summed E-state index contributed by atoms with van der Waals surface area (Å²) in [5.41, 5.74) is 0. The van der Waals surface area contributed by atoms with Gasteiger partial charge in [0.05, 0.1) is 0 Å². The van der Waals surface area contributed by atoms with Crippen LogP contribution in [-0.4, -0.2) is 54.0 Å². The van der Waals surface area contributed by atoms with Crippen LogP contribution in [0.2, 0.25) is 0 Å². The molecule has 6 heteroatoms. The molecule has 0 saturated carbocycles. The summed E-state index contributed by atoms with van der Waals surface area (Å²) in [4.78, 5) is 21.2. The third-order valence-electron chi connectivity index (χ3n) is 3.64. The van der Waals surface area contributed by atoms with Crippen LogP contribution in [0.5, 0.6) is 0 Å². The van der Waals surface area contributed by atoms with Crippen molar-refractivity contribution in [3.63, 3.8) is 0 Å². The SMILES string of the molecule is CCc1cnc(CNC2CCN(C(=O)N(C)C)CC2)s1. The second-order valence-corrected chi connectivity index (χ2v) is 6.59. The zero-order chi connectivity index (χ0) is 14.5. The number of nitrogens with zero attached hydrogens (tertiary/aromatic N) is 3. The lowest BCUT2D eigenvalue weighted by atomic mass is 10.1. The average Bonchev–Trinajstić information content (AvgIpc) is 2.93. The van der Waals surface area contributed by atoms with Crippen molar-refractivity contribution in [2.45, 2.75) is 38.8 Å². The number of aryl methyl sites for hydroxylation is 1. The summed E-state index contributed by atoms with van der Waals surface area (Å²) in [6.07, 6.45) is 5.07. The number of rotatable bonds is 4. The molecule has 1 N–H and O–H groups in total. The van der Waals surface area contributed by atoms with Crippen LogP contribution in [0.4, 0.5) is 4.79 Å². The number of thiazole rings is 1. The molecule has 20 heavy (non-hydrogen) atoms. The standard InChI is InChI=1S/C14H24N4OS/c1-4-12-9-16-13(20-12)10-15-11-5-7-18(8-6-11)14(19)17(2)3/h9,11,15H,4-8,10H2,1-3H3. The average molecular weight is 296 g/mol. The fourth-order valence-electron chi connectivity index (χ4n) is 2.38. The number of likely N-dealkylation sites (tertiary alicyclic amines) is 1. The number of carbonyl (C=O) groups excluding carboxylic acids is 1. The number of hydrogen-bond acceptors (Lipinski definition) is 4. The summed E-state index contributed by atoms with van der Waals surface area (Å²) in [5.74, 6) is 0. The summed E-state index contributed by atoms with van der Waals surface area (Å²) in [7, 11) is 3.61. The van der Waals surface area contributed by atoms with Gasteiger partial charge in [0.25, 0.3) is 0 Å². The van der Waals surface area contributed by atoms with Crippen LogP contribution in [0.3, 0.4) is 0 Å². The fourth-order valence-corrected chi connectivity index (χ4v) is 3.20. The first-order valence-corrected chi connectivity index (χ1v) is 8.05. The van der Waals surface area contributed by atoms with E-state index in [0.29, 0.717) is 6.04 Å². The molecule has 0 spiro atoms. The van der Waals surface area contributed by atoms with Crippen molar-refractivity contribution in [1.82, 2.24) is 20.1 Å². The minimum absolute atomic E-state index is 0.121. The normalized spacial score (nSPS) is 16.4. The number of urea groups is 1. The lowest BCUT2D eigenvalue weighted by Crippen LogP contribution is -2.47. The molecule has 2 amide bonds. The Bertz CT molecular complexity index is 438. The molecule has 0 atom stereocenters. The van der Waals surface area contributed by atoms with Crippen molar-refractivity contribution < 1.29 is 4.79 Å². The molecule has 5 nitrogen and oxygen atoms in total. The highest BCUT2D eigenvalue weighted by Crippen LogP contribution is 2.15. The Kier molecular flexibility index (Phi) is 5.37. The molecule has 2 rings (SSSR count). The van der Waals surface area contributed by atoms with Crippen LogP contribution in [0.25, 0.3) is 0 Å². The first-order chi connectivity index (χ1) is 9.60. The number of nitrogens with one attached hydrogen (secondary N) is 1. The summed E-state index contributed by atoms with van der Waals surface area (Å²) in [6, 6.07) is 0.617. The summed E-state index contributed by atoms with van der Waals surface area (Å²) in [5, 5.41) is 4.72. The van der Waals surface area contributed by atoms with Crippen LogP contribution in [0.1, 0.15) is 29.7 Å². The molecule has 1 fully saturated rings. The van der Waals surface area contributed by atoms with Gasteiger partial charge < -0.3 is 15.1 Å². The van der Waals surface area contributed by atoms with Crippen LogP contribution < -0.4 is 5.32 Å². The van der Waals surface area contributed by atoms with Gasteiger partial charge in [-0.05, 0) is 19.3 Å². The molecule has 0 aliphatic carbocycles. The minimum Gasteiger partial charge on any atom is -0.331 e. The largest absolute Gasteiger partial charge is 0.331 e. The molecule has 0 radical (unpaired) electrons. The minimum atomic E-state index is 0.121.